The molecule has 0 radical (unpaired) electrons. The monoisotopic (exact) mass is 281 g/mol. The lowest BCUT2D eigenvalue weighted by molar-refractivity contribution is 0.102. The predicted molar refractivity (Wildman–Crippen MR) is 80.1 cm³/mol. The van der Waals surface area contributed by atoms with Crippen molar-refractivity contribution in [2.45, 2.75) is 19.9 Å². The molecular formula is C15H15N5O. The van der Waals surface area contributed by atoms with Crippen LogP contribution in [0.5, 0.6) is 0 Å². The van der Waals surface area contributed by atoms with Crippen molar-refractivity contribution in [3.05, 3.63) is 48.5 Å². The number of amides is 1. The van der Waals surface area contributed by atoms with Gasteiger partial charge in [-0.05, 0) is 26.0 Å². The highest BCUT2D eigenvalue weighted by Crippen LogP contribution is 2.18. The third-order valence-corrected chi connectivity index (χ3v) is 3.15. The Morgan fingerprint density at radius 3 is 2.86 bits per heavy atom. The Kier molecular flexibility index (Phi) is 3.35. The van der Waals surface area contributed by atoms with E-state index in [0.29, 0.717) is 16.9 Å². The highest BCUT2D eigenvalue weighted by atomic mass is 16.1. The van der Waals surface area contributed by atoms with Crippen LogP contribution in [0.3, 0.4) is 0 Å². The molecule has 0 fully saturated rings. The van der Waals surface area contributed by atoms with Gasteiger partial charge in [0.2, 0.25) is 0 Å². The second-order valence-corrected chi connectivity index (χ2v) is 4.99. The summed E-state index contributed by atoms with van der Waals surface area (Å²) in [5.41, 5.74) is 1.17. The minimum Gasteiger partial charge on any atom is -0.305 e. The van der Waals surface area contributed by atoms with E-state index in [9.17, 15) is 4.79 Å². The largest absolute Gasteiger partial charge is 0.305 e. The second-order valence-electron chi connectivity index (χ2n) is 4.99. The first-order chi connectivity index (χ1) is 10.1. The van der Waals surface area contributed by atoms with Crippen LogP contribution in [0.15, 0.2) is 43.0 Å². The van der Waals surface area contributed by atoms with Crippen molar-refractivity contribution in [3.63, 3.8) is 0 Å². The summed E-state index contributed by atoms with van der Waals surface area (Å²) < 4.78 is 1.74. The van der Waals surface area contributed by atoms with Gasteiger partial charge in [-0.15, -0.1) is 0 Å². The molecule has 0 aliphatic carbocycles. The number of fused-ring (bicyclic) bond motifs is 1. The van der Waals surface area contributed by atoms with Crippen molar-refractivity contribution in [2.75, 3.05) is 5.32 Å². The van der Waals surface area contributed by atoms with E-state index in [1.54, 1.807) is 29.5 Å². The van der Waals surface area contributed by atoms with Crippen molar-refractivity contribution >= 4 is 22.6 Å². The zero-order valence-electron chi connectivity index (χ0n) is 11.8. The number of nitrogens with one attached hydrogen (secondary N) is 1. The van der Waals surface area contributed by atoms with E-state index in [-0.39, 0.29) is 11.9 Å². The van der Waals surface area contributed by atoms with Gasteiger partial charge in [0.05, 0.1) is 11.8 Å². The summed E-state index contributed by atoms with van der Waals surface area (Å²) in [5, 5.41) is 7.88. The zero-order chi connectivity index (χ0) is 14.8. The molecule has 106 valence electrons. The van der Waals surface area contributed by atoms with Gasteiger partial charge in [-0.1, -0.05) is 6.07 Å². The molecule has 3 aromatic heterocycles. The number of anilines is 1. The normalized spacial score (nSPS) is 11.0. The number of hydrogen-bond donors (Lipinski definition) is 1. The molecule has 0 bridgehead atoms. The van der Waals surface area contributed by atoms with Crippen molar-refractivity contribution in [3.8, 4) is 0 Å². The van der Waals surface area contributed by atoms with Crippen LogP contribution in [0.1, 0.15) is 30.2 Å². The van der Waals surface area contributed by atoms with Gasteiger partial charge in [0.15, 0.2) is 5.82 Å². The SMILES string of the molecule is CC(C)n1cc(C(=O)Nc2nccc3cccnc23)cn1. The van der Waals surface area contributed by atoms with E-state index in [4.69, 9.17) is 0 Å². The molecule has 3 rings (SSSR count). The summed E-state index contributed by atoms with van der Waals surface area (Å²) in [6.45, 7) is 4.01. The van der Waals surface area contributed by atoms with Crippen molar-refractivity contribution < 1.29 is 4.79 Å². The summed E-state index contributed by atoms with van der Waals surface area (Å²) in [6, 6.07) is 5.84. The smallest absolute Gasteiger partial charge is 0.260 e. The molecule has 0 aliphatic rings. The molecule has 21 heavy (non-hydrogen) atoms. The van der Waals surface area contributed by atoms with E-state index in [2.05, 4.69) is 20.4 Å². The molecule has 3 aromatic rings. The van der Waals surface area contributed by atoms with E-state index in [1.807, 2.05) is 32.0 Å². The van der Waals surface area contributed by atoms with Crippen LogP contribution in [0.4, 0.5) is 5.82 Å². The summed E-state index contributed by atoms with van der Waals surface area (Å²) >= 11 is 0. The first-order valence-electron chi connectivity index (χ1n) is 6.70. The first-order valence-corrected chi connectivity index (χ1v) is 6.70. The van der Waals surface area contributed by atoms with Crippen LogP contribution < -0.4 is 5.32 Å². The molecule has 0 saturated carbocycles. The Labute approximate surface area is 121 Å². The second kappa shape index (κ2) is 5.32. The first kappa shape index (κ1) is 13.2. The lowest BCUT2D eigenvalue weighted by Crippen LogP contribution is -2.13. The maximum Gasteiger partial charge on any atom is 0.260 e. The van der Waals surface area contributed by atoms with Crippen LogP contribution >= 0.6 is 0 Å². The van der Waals surface area contributed by atoms with Gasteiger partial charge < -0.3 is 5.32 Å². The lowest BCUT2D eigenvalue weighted by atomic mass is 10.2. The number of aromatic nitrogens is 4. The fourth-order valence-corrected chi connectivity index (χ4v) is 2.01. The molecule has 1 amide bonds. The summed E-state index contributed by atoms with van der Waals surface area (Å²) in [5.74, 6) is 0.211. The molecule has 1 N–H and O–H groups in total. The Morgan fingerprint density at radius 1 is 1.24 bits per heavy atom. The molecule has 0 aromatic carbocycles. The zero-order valence-corrected chi connectivity index (χ0v) is 11.8. The minimum absolute atomic E-state index is 0.212. The molecule has 0 saturated heterocycles. The standard InChI is InChI=1S/C15H15N5O/c1-10(2)20-9-12(8-18-20)15(21)19-14-13-11(5-7-17-14)4-3-6-16-13/h3-10H,1-2H3,(H,17,19,21). The number of rotatable bonds is 3. The number of pyridine rings is 2. The van der Waals surface area contributed by atoms with Crippen molar-refractivity contribution in [1.82, 2.24) is 19.7 Å². The number of hydrogen-bond acceptors (Lipinski definition) is 4. The van der Waals surface area contributed by atoms with Gasteiger partial charge in [0, 0.05) is 30.0 Å². The van der Waals surface area contributed by atoms with Crippen LogP contribution in [0.25, 0.3) is 10.9 Å². The van der Waals surface area contributed by atoms with Crippen LogP contribution in [-0.2, 0) is 0 Å². The van der Waals surface area contributed by atoms with Gasteiger partial charge in [-0.3, -0.25) is 14.5 Å². The Balaban J connectivity index is 1.89. The Hall–Kier alpha value is -2.76. The van der Waals surface area contributed by atoms with Crippen molar-refractivity contribution in [1.29, 1.82) is 0 Å². The van der Waals surface area contributed by atoms with Crippen molar-refractivity contribution in [2.24, 2.45) is 0 Å². The maximum absolute atomic E-state index is 12.3. The lowest BCUT2D eigenvalue weighted by Gasteiger charge is -2.06. The van der Waals surface area contributed by atoms with Crippen LogP contribution in [0.2, 0.25) is 0 Å². The van der Waals surface area contributed by atoms with Gasteiger partial charge in [0.1, 0.15) is 5.52 Å². The topological polar surface area (TPSA) is 72.7 Å². The maximum atomic E-state index is 12.3. The summed E-state index contributed by atoms with van der Waals surface area (Å²) in [7, 11) is 0. The van der Waals surface area contributed by atoms with Gasteiger partial charge >= 0.3 is 0 Å². The molecular weight excluding hydrogens is 266 g/mol. The van der Waals surface area contributed by atoms with E-state index < -0.39 is 0 Å². The molecule has 6 nitrogen and oxygen atoms in total. The highest BCUT2D eigenvalue weighted by Gasteiger charge is 2.12. The van der Waals surface area contributed by atoms with E-state index in [0.717, 1.165) is 5.39 Å². The highest BCUT2D eigenvalue weighted by molar-refractivity contribution is 6.06. The quantitative estimate of drug-likeness (QED) is 0.801. The van der Waals surface area contributed by atoms with Gasteiger partial charge in [0.25, 0.3) is 5.91 Å². The predicted octanol–water partition coefficient (Wildman–Crippen LogP) is 2.66. The van der Waals surface area contributed by atoms with Gasteiger partial charge in [-0.2, -0.15) is 5.10 Å². The number of nitrogens with zero attached hydrogens (tertiary/aromatic N) is 4. The average Bonchev–Trinajstić information content (AvgIpc) is 2.98. The third-order valence-electron chi connectivity index (χ3n) is 3.15. The third kappa shape index (κ3) is 2.60. The van der Waals surface area contributed by atoms with Crippen LogP contribution in [0, 0.1) is 0 Å². The average molecular weight is 281 g/mol. The molecule has 0 unspecified atom stereocenters. The summed E-state index contributed by atoms with van der Waals surface area (Å²) in [6.07, 6.45) is 6.60. The number of carbonyl (C=O) groups is 1. The minimum atomic E-state index is -0.243. The fraction of sp³-hybridized carbons (Fsp3) is 0.200. The molecule has 6 heteroatoms. The number of carbonyl (C=O) groups excluding carboxylic acids is 1. The van der Waals surface area contributed by atoms with Gasteiger partial charge in [-0.25, -0.2) is 4.98 Å². The molecule has 3 heterocycles. The molecule has 0 spiro atoms. The summed E-state index contributed by atoms with van der Waals surface area (Å²) in [4.78, 5) is 20.7. The van der Waals surface area contributed by atoms with Crippen LogP contribution in [-0.4, -0.2) is 25.7 Å². The van der Waals surface area contributed by atoms with E-state index in [1.165, 1.54) is 0 Å². The fourth-order valence-electron chi connectivity index (χ4n) is 2.01. The van der Waals surface area contributed by atoms with E-state index >= 15 is 0 Å². The molecule has 0 atom stereocenters. The Bertz CT molecular complexity index is 788. The molecule has 0 aliphatic heterocycles. The Morgan fingerprint density at radius 2 is 2.10 bits per heavy atom.